The van der Waals surface area contributed by atoms with Crippen LogP contribution in [0.5, 0.6) is 0 Å². The minimum atomic E-state index is -0.985. The summed E-state index contributed by atoms with van der Waals surface area (Å²) in [6, 6.07) is 0. The van der Waals surface area contributed by atoms with E-state index in [4.69, 9.17) is 5.11 Å². The van der Waals surface area contributed by atoms with E-state index in [1.807, 2.05) is 6.92 Å². The van der Waals surface area contributed by atoms with Gasteiger partial charge >= 0.3 is 5.97 Å². The number of carboxylic acid groups (broad SMARTS) is 1. The summed E-state index contributed by atoms with van der Waals surface area (Å²) in [6.45, 7) is 3.91. The highest BCUT2D eigenvalue weighted by molar-refractivity contribution is 5.68. The van der Waals surface area contributed by atoms with E-state index < -0.39 is 11.6 Å². The average molecular weight is 188 g/mol. The molecule has 0 rings (SSSR count). The van der Waals surface area contributed by atoms with Crippen LogP contribution >= 0.6 is 0 Å². The topological polar surface area (TPSA) is 57.5 Å². The van der Waals surface area contributed by atoms with Crippen LogP contribution in [0.4, 0.5) is 0 Å². The summed E-state index contributed by atoms with van der Waals surface area (Å²) in [5.74, 6) is -0.916. The molecule has 0 radical (unpaired) electrons. The van der Waals surface area contributed by atoms with Gasteiger partial charge in [-0.25, -0.2) is 0 Å². The molecule has 0 amide bonds. The fourth-order valence-corrected chi connectivity index (χ4v) is 1.38. The third kappa shape index (κ3) is 5.64. The minimum absolute atomic E-state index is 0.132. The van der Waals surface area contributed by atoms with Crippen LogP contribution in [0.2, 0.25) is 0 Å². The van der Waals surface area contributed by atoms with Crippen LogP contribution in [0.15, 0.2) is 0 Å². The summed E-state index contributed by atoms with van der Waals surface area (Å²) in [5, 5.41) is 18.4. The number of rotatable bonds is 7. The van der Waals surface area contributed by atoms with Crippen molar-refractivity contribution < 1.29 is 15.0 Å². The van der Waals surface area contributed by atoms with Crippen LogP contribution in [-0.4, -0.2) is 21.8 Å². The summed E-state index contributed by atoms with van der Waals surface area (Å²) >= 11 is 0. The van der Waals surface area contributed by atoms with Crippen molar-refractivity contribution in [2.24, 2.45) is 0 Å². The molecular formula is C10H20O3. The van der Waals surface area contributed by atoms with Gasteiger partial charge in [-0.15, -0.1) is 0 Å². The van der Waals surface area contributed by atoms with Crippen molar-refractivity contribution in [1.29, 1.82) is 0 Å². The highest BCUT2D eigenvalue weighted by atomic mass is 16.4. The lowest BCUT2D eigenvalue weighted by atomic mass is 9.90. The van der Waals surface area contributed by atoms with E-state index in [1.165, 1.54) is 0 Å². The van der Waals surface area contributed by atoms with E-state index in [-0.39, 0.29) is 6.42 Å². The molecule has 13 heavy (non-hydrogen) atoms. The molecule has 0 aliphatic heterocycles. The van der Waals surface area contributed by atoms with Gasteiger partial charge in [0.15, 0.2) is 0 Å². The van der Waals surface area contributed by atoms with Gasteiger partial charge in [0.1, 0.15) is 0 Å². The lowest BCUT2D eigenvalue weighted by Crippen LogP contribution is -2.30. The fraction of sp³-hybridized carbons (Fsp3) is 0.900. The van der Waals surface area contributed by atoms with Gasteiger partial charge in [-0.1, -0.05) is 33.1 Å². The van der Waals surface area contributed by atoms with Crippen molar-refractivity contribution >= 4 is 5.97 Å². The Hall–Kier alpha value is -0.570. The Morgan fingerprint density at radius 2 is 1.92 bits per heavy atom. The first-order valence-corrected chi connectivity index (χ1v) is 4.98. The first-order chi connectivity index (χ1) is 6.04. The van der Waals surface area contributed by atoms with Crippen LogP contribution in [0.3, 0.4) is 0 Å². The Kier molecular flexibility index (Phi) is 5.71. The second-order valence-corrected chi connectivity index (χ2v) is 3.61. The molecule has 0 aromatic heterocycles. The van der Waals surface area contributed by atoms with E-state index in [0.717, 1.165) is 19.3 Å². The first-order valence-electron chi connectivity index (χ1n) is 4.98. The smallest absolute Gasteiger partial charge is 0.306 e. The lowest BCUT2D eigenvalue weighted by molar-refractivity contribution is -0.143. The second kappa shape index (κ2) is 5.97. The predicted molar refractivity (Wildman–Crippen MR) is 51.6 cm³/mol. The van der Waals surface area contributed by atoms with Crippen LogP contribution in [-0.2, 0) is 4.79 Å². The van der Waals surface area contributed by atoms with Crippen molar-refractivity contribution in [2.45, 2.75) is 58.0 Å². The van der Waals surface area contributed by atoms with Crippen molar-refractivity contribution in [3.8, 4) is 0 Å². The Morgan fingerprint density at radius 1 is 1.31 bits per heavy atom. The normalized spacial score (nSPS) is 15.3. The Bertz CT molecular complexity index is 156. The molecule has 0 aliphatic rings. The average Bonchev–Trinajstić information content (AvgIpc) is 2.04. The minimum Gasteiger partial charge on any atom is -0.481 e. The zero-order valence-electron chi connectivity index (χ0n) is 8.55. The van der Waals surface area contributed by atoms with E-state index in [9.17, 15) is 9.90 Å². The van der Waals surface area contributed by atoms with Gasteiger partial charge in [0.2, 0.25) is 0 Å². The van der Waals surface area contributed by atoms with E-state index in [1.54, 1.807) is 0 Å². The van der Waals surface area contributed by atoms with Crippen LogP contribution in [0.1, 0.15) is 52.4 Å². The van der Waals surface area contributed by atoms with Gasteiger partial charge in [0.05, 0.1) is 12.0 Å². The molecule has 3 nitrogen and oxygen atoms in total. The maximum absolute atomic E-state index is 10.4. The van der Waals surface area contributed by atoms with Gasteiger partial charge < -0.3 is 10.2 Å². The number of hydrogen-bond acceptors (Lipinski definition) is 2. The molecule has 0 bridgehead atoms. The summed E-state index contributed by atoms with van der Waals surface area (Å²) in [7, 11) is 0. The molecule has 0 fully saturated rings. The number of unbranched alkanes of at least 4 members (excludes halogenated alkanes) is 2. The summed E-state index contributed by atoms with van der Waals surface area (Å²) in [6.07, 6.45) is 4.04. The highest BCUT2D eigenvalue weighted by Gasteiger charge is 2.26. The molecule has 78 valence electrons. The third-order valence-electron chi connectivity index (χ3n) is 2.38. The Labute approximate surface area is 79.8 Å². The molecule has 0 aromatic carbocycles. The molecule has 1 atom stereocenters. The molecule has 0 saturated carbocycles. The summed E-state index contributed by atoms with van der Waals surface area (Å²) in [4.78, 5) is 10.4. The van der Waals surface area contributed by atoms with Crippen LogP contribution in [0, 0.1) is 0 Å². The Balaban J connectivity index is 3.88. The van der Waals surface area contributed by atoms with Crippen LogP contribution in [0.25, 0.3) is 0 Å². The molecule has 0 aromatic rings. The Morgan fingerprint density at radius 3 is 2.31 bits per heavy atom. The molecule has 3 heteroatoms. The van der Waals surface area contributed by atoms with E-state index in [2.05, 4.69) is 6.92 Å². The van der Waals surface area contributed by atoms with Gasteiger partial charge in [-0.3, -0.25) is 4.79 Å². The quantitative estimate of drug-likeness (QED) is 0.602. The zero-order chi connectivity index (χ0) is 10.3. The van der Waals surface area contributed by atoms with Crippen LogP contribution < -0.4 is 0 Å². The number of carboxylic acids is 1. The second-order valence-electron chi connectivity index (χ2n) is 3.61. The summed E-state index contributed by atoms with van der Waals surface area (Å²) < 4.78 is 0. The van der Waals surface area contributed by atoms with Gasteiger partial charge in [-0.2, -0.15) is 0 Å². The predicted octanol–water partition coefficient (Wildman–Crippen LogP) is 2.18. The largest absolute Gasteiger partial charge is 0.481 e. The number of carbonyl (C=O) groups is 1. The molecule has 0 heterocycles. The molecule has 0 spiro atoms. The van der Waals surface area contributed by atoms with Gasteiger partial charge in [0.25, 0.3) is 0 Å². The third-order valence-corrected chi connectivity index (χ3v) is 2.38. The highest BCUT2D eigenvalue weighted by Crippen LogP contribution is 2.22. The fourth-order valence-electron chi connectivity index (χ4n) is 1.38. The molecule has 2 N–H and O–H groups in total. The summed E-state index contributed by atoms with van der Waals surface area (Å²) in [5.41, 5.74) is -0.985. The molecule has 1 unspecified atom stereocenters. The number of hydrogen-bond donors (Lipinski definition) is 2. The molecule has 0 saturated heterocycles. The molecule has 0 aliphatic carbocycles. The SMILES string of the molecule is CCCCCC(O)(CC)CC(=O)O. The zero-order valence-corrected chi connectivity index (χ0v) is 8.55. The number of aliphatic carboxylic acids is 1. The van der Waals surface area contributed by atoms with Crippen molar-refractivity contribution in [3.05, 3.63) is 0 Å². The standard InChI is InChI=1S/C10H20O3/c1-3-5-6-7-10(13,4-2)8-9(11)12/h13H,3-8H2,1-2H3,(H,11,12). The van der Waals surface area contributed by atoms with Crippen molar-refractivity contribution in [3.63, 3.8) is 0 Å². The molecular weight excluding hydrogens is 168 g/mol. The number of aliphatic hydroxyl groups is 1. The monoisotopic (exact) mass is 188 g/mol. The van der Waals surface area contributed by atoms with Crippen molar-refractivity contribution in [1.82, 2.24) is 0 Å². The lowest BCUT2D eigenvalue weighted by Gasteiger charge is -2.24. The van der Waals surface area contributed by atoms with Gasteiger partial charge in [0, 0.05) is 0 Å². The maximum Gasteiger partial charge on any atom is 0.306 e. The van der Waals surface area contributed by atoms with E-state index >= 15 is 0 Å². The van der Waals surface area contributed by atoms with E-state index in [0.29, 0.717) is 12.8 Å². The maximum atomic E-state index is 10.4. The van der Waals surface area contributed by atoms with Crippen molar-refractivity contribution in [2.75, 3.05) is 0 Å². The van der Waals surface area contributed by atoms with Gasteiger partial charge in [-0.05, 0) is 12.8 Å². The first kappa shape index (κ1) is 12.4.